The lowest BCUT2D eigenvalue weighted by molar-refractivity contribution is -0.181. The first-order valence-electron chi connectivity index (χ1n) is 12.9. The Morgan fingerprint density at radius 1 is 0.865 bits per heavy atom. The third kappa shape index (κ3) is 5.60. The number of aromatic nitrogens is 2. The second-order valence-corrected chi connectivity index (χ2v) is 11.1. The first-order valence-corrected chi connectivity index (χ1v) is 14.2. The van der Waals surface area contributed by atoms with Crippen molar-refractivity contribution in [2.45, 2.75) is 48.2 Å². The van der Waals surface area contributed by atoms with Gasteiger partial charge in [0, 0.05) is 69.2 Å². The lowest BCUT2D eigenvalue weighted by Crippen LogP contribution is -2.47. The Hall–Kier alpha value is -1.95. The van der Waals surface area contributed by atoms with E-state index in [1.807, 2.05) is 35.2 Å². The highest BCUT2D eigenvalue weighted by molar-refractivity contribution is 7.98. The number of carbonyl (C=O) groups excluding carboxylic acids is 1. The maximum absolute atomic E-state index is 13.0. The molecule has 5 heterocycles. The molecule has 0 aliphatic carbocycles. The molecule has 0 bridgehead atoms. The van der Waals surface area contributed by atoms with Crippen LogP contribution in [-0.4, -0.2) is 85.0 Å². The van der Waals surface area contributed by atoms with Crippen molar-refractivity contribution in [2.24, 2.45) is 0 Å². The lowest BCUT2D eigenvalue weighted by atomic mass is 10.0. The van der Waals surface area contributed by atoms with E-state index in [4.69, 9.17) is 35.5 Å². The summed E-state index contributed by atoms with van der Waals surface area (Å²) in [6, 6.07) is 9.59. The number of piperidine rings is 2. The van der Waals surface area contributed by atoms with E-state index in [1.165, 1.54) is 11.8 Å². The molecule has 0 saturated carbocycles. The number of thioether (sulfide) groups is 1. The summed E-state index contributed by atoms with van der Waals surface area (Å²) in [6.45, 7) is 5.48. The molecule has 0 atom stereocenters. The van der Waals surface area contributed by atoms with Crippen LogP contribution >= 0.6 is 23.4 Å². The summed E-state index contributed by atoms with van der Waals surface area (Å²) in [6.07, 6.45) is 3.05. The summed E-state index contributed by atoms with van der Waals surface area (Å²) in [4.78, 5) is 26.2. The first kappa shape index (κ1) is 25.3. The fraction of sp³-hybridized carbons (Fsp3) is 0.577. The zero-order valence-corrected chi connectivity index (χ0v) is 22.3. The molecule has 4 fully saturated rings. The highest BCUT2D eigenvalue weighted by Gasteiger charge is 2.41. The van der Waals surface area contributed by atoms with Gasteiger partial charge in [0.1, 0.15) is 11.0 Å². The van der Waals surface area contributed by atoms with Gasteiger partial charge >= 0.3 is 0 Å². The van der Waals surface area contributed by atoms with E-state index < -0.39 is 11.6 Å². The van der Waals surface area contributed by atoms with Gasteiger partial charge in [0.25, 0.3) is 5.91 Å². The second kappa shape index (κ2) is 10.7. The van der Waals surface area contributed by atoms with E-state index in [9.17, 15) is 4.79 Å². The molecule has 0 radical (unpaired) electrons. The minimum absolute atomic E-state index is 0.0478. The summed E-state index contributed by atoms with van der Waals surface area (Å²) in [5.41, 5.74) is 1.78. The number of ether oxygens (including phenoxy) is 4. The van der Waals surface area contributed by atoms with Gasteiger partial charge in [-0.05, 0) is 17.7 Å². The first-order chi connectivity index (χ1) is 18.0. The maximum Gasteiger partial charge on any atom is 0.253 e. The summed E-state index contributed by atoms with van der Waals surface area (Å²) < 4.78 is 23.2. The molecule has 9 nitrogen and oxygen atoms in total. The number of benzene rings is 1. The fourth-order valence-electron chi connectivity index (χ4n) is 5.38. The number of hydrogen-bond acceptors (Lipinski definition) is 9. The van der Waals surface area contributed by atoms with Crippen LogP contribution in [-0.2, 0) is 24.7 Å². The van der Waals surface area contributed by atoms with Crippen LogP contribution in [0, 0.1) is 0 Å². The van der Waals surface area contributed by atoms with Crippen LogP contribution < -0.4 is 4.90 Å². The fourth-order valence-corrected chi connectivity index (χ4v) is 6.42. The Morgan fingerprint density at radius 2 is 1.43 bits per heavy atom. The number of rotatable bonds is 5. The molecule has 0 unspecified atom stereocenters. The van der Waals surface area contributed by atoms with Gasteiger partial charge in [-0.3, -0.25) is 4.79 Å². The number of carbonyl (C=O) groups is 1. The Balaban J connectivity index is 1.03. The van der Waals surface area contributed by atoms with Crippen LogP contribution in [0.4, 0.5) is 5.82 Å². The van der Waals surface area contributed by atoms with Crippen LogP contribution in [0.25, 0.3) is 0 Å². The van der Waals surface area contributed by atoms with Gasteiger partial charge < -0.3 is 28.7 Å². The lowest BCUT2D eigenvalue weighted by Gasteiger charge is -2.38. The predicted molar refractivity (Wildman–Crippen MR) is 139 cm³/mol. The van der Waals surface area contributed by atoms with Crippen molar-refractivity contribution in [3.63, 3.8) is 0 Å². The van der Waals surface area contributed by atoms with E-state index in [0.717, 1.165) is 50.2 Å². The molecule has 198 valence electrons. The Labute approximate surface area is 225 Å². The van der Waals surface area contributed by atoms with Gasteiger partial charge in [-0.2, -0.15) is 0 Å². The summed E-state index contributed by atoms with van der Waals surface area (Å²) in [5.74, 6) is 0.655. The molecule has 1 amide bonds. The van der Waals surface area contributed by atoms with Crippen LogP contribution in [0.15, 0.2) is 35.5 Å². The zero-order valence-electron chi connectivity index (χ0n) is 20.7. The van der Waals surface area contributed by atoms with Gasteiger partial charge in [0.2, 0.25) is 0 Å². The molecule has 11 heteroatoms. The maximum atomic E-state index is 13.0. The van der Waals surface area contributed by atoms with Crippen molar-refractivity contribution in [3.8, 4) is 0 Å². The van der Waals surface area contributed by atoms with Crippen molar-refractivity contribution < 1.29 is 23.7 Å². The number of hydrogen-bond donors (Lipinski definition) is 0. The standard InChI is InChI=1S/C26H31ClN4O5S/c27-21-17-22(30-9-5-25(6-10-30)33-13-14-34-25)29-24(28-21)37-18-19-1-3-20(4-2-19)23(32)31-11-7-26(8-12-31)35-15-16-36-26/h1-4,17H,5-16,18H2. The summed E-state index contributed by atoms with van der Waals surface area (Å²) in [7, 11) is 0. The number of likely N-dealkylation sites (tertiary alicyclic amines) is 1. The van der Waals surface area contributed by atoms with Gasteiger partial charge in [-0.25, -0.2) is 9.97 Å². The van der Waals surface area contributed by atoms with E-state index in [1.54, 1.807) is 0 Å². The van der Waals surface area contributed by atoms with Crippen molar-refractivity contribution in [1.82, 2.24) is 14.9 Å². The molecule has 2 aromatic rings. The van der Waals surface area contributed by atoms with Crippen molar-refractivity contribution >= 4 is 35.1 Å². The largest absolute Gasteiger partial charge is 0.356 e. The highest BCUT2D eigenvalue weighted by Crippen LogP contribution is 2.34. The third-order valence-electron chi connectivity index (χ3n) is 7.52. The van der Waals surface area contributed by atoms with Crippen LogP contribution in [0.5, 0.6) is 0 Å². The van der Waals surface area contributed by atoms with E-state index in [0.29, 0.717) is 61.1 Å². The van der Waals surface area contributed by atoms with Gasteiger partial charge in [0.05, 0.1) is 26.4 Å². The van der Waals surface area contributed by atoms with E-state index in [-0.39, 0.29) is 5.91 Å². The predicted octanol–water partition coefficient (Wildman–Crippen LogP) is 3.74. The molecule has 4 aliphatic rings. The smallest absolute Gasteiger partial charge is 0.253 e. The molecule has 2 spiro atoms. The topological polar surface area (TPSA) is 86.3 Å². The van der Waals surface area contributed by atoms with Crippen LogP contribution in [0.1, 0.15) is 41.6 Å². The normalized spacial score (nSPS) is 22.7. The molecule has 4 saturated heterocycles. The van der Waals surface area contributed by atoms with Gasteiger partial charge in [-0.1, -0.05) is 35.5 Å². The molecule has 4 aliphatic heterocycles. The summed E-state index contributed by atoms with van der Waals surface area (Å²) >= 11 is 7.87. The minimum Gasteiger partial charge on any atom is -0.356 e. The minimum atomic E-state index is -0.477. The second-order valence-electron chi connectivity index (χ2n) is 9.81. The van der Waals surface area contributed by atoms with Crippen LogP contribution in [0.2, 0.25) is 5.15 Å². The number of halogens is 1. The number of nitrogens with zero attached hydrogens (tertiary/aromatic N) is 4. The molecule has 37 heavy (non-hydrogen) atoms. The number of anilines is 1. The average molecular weight is 547 g/mol. The third-order valence-corrected chi connectivity index (χ3v) is 8.63. The van der Waals surface area contributed by atoms with Crippen molar-refractivity contribution in [1.29, 1.82) is 0 Å². The molecule has 1 aromatic heterocycles. The average Bonchev–Trinajstić information content (AvgIpc) is 3.58. The Morgan fingerprint density at radius 3 is 2.03 bits per heavy atom. The van der Waals surface area contributed by atoms with Gasteiger partial charge in [-0.15, -0.1) is 0 Å². The summed E-state index contributed by atoms with van der Waals surface area (Å²) in [5, 5.41) is 1.06. The monoisotopic (exact) mass is 546 g/mol. The van der Waals surface area contributed by atoms with E-state index >= 15 is 0 Å². The molecule has 1 aromatic carbocycles. The van der Waals surface area contributed by atoms with Gasteiger partial charge in [0.15, 0.2) is 16.7 Å². The molecular weight excluding hydrogens is 516 g/mol. The van der Waals surface area contributed by atoms with Crippen molar-refractivity contribution in [3.05, 3.63) is 46.6 Å². The Kier molecular flexibility index (Phi) is 7.30. The highest BCUT2D eigenvalue weighted by atomic mass is 35.5. The quantitative estimate of drug-likeness (QED) is 0.316. The van der Waals surface area contributed by atoms with Crippen LogP contribution in [0.3, 0.4) is 0 Å². The van der Waals surface area contributed by atoms with Crippen molar-refractivity contribution in [2.75, 3.05) is 57.5 Å². The SMILES string of the molecule is O=C(c1ccc(CSc2nc(Cl)cc(N3CCC4(CC3)OCCO4)n2)cc1)N1CCC2(CC1)OCCO2. The van der Waals surface area contributed by atoms with E-state index in [2.05, 4.69) is 9.88 Å². The molecular formula is C26H31ClN4O5S. The zero-order chi connectivity index (χ0) is 25.3. The Bertz CT molecular complexity index is 1100. The number of amides is 1. The molecule has 6 rings (SSSR count). The molecule has 0 N–H and O–H groups in total.